The van der Waals surface area contributed by atoms with E-state index in [1.54, 1.807) is 21.7 Å². The molecule has 1 amide bonds. The van der Waals surface area contributed by atoms with Crippen LogP contribution in [0.15, 0.2) is 85.2 Å². The molecule has 33 heavy (non-hydrogen) atoms. The molecular formula is C25H21N5O3. The van der Waals surface area contributed by atoms with Crippen LogP contribution >= 0.6 is 0 Å². The molecule has 0 saturated carbocycles. The summed E-state index contributed by atoms with van der Waals surface area (Å²) in [6, 6.07) is 23.4. The number of nitro benzene ring substituents is 1. The molecule has 8 nitrogen and oxygen atoms in total. The largest absolute Gasteiger partial charge is 0.282 e. The first-order valence-corrected chi connectivity index (χ1v) is 10.6. The van der Waals surface area contributed by atoms with Gasteiger partial charge in [0.1, 0.15) is 11.9 Å². The molecule has 164 valence electrons. The quantitative estimate of drug-likeness (QED) is 0.334. The summed E-state index contributed by atoms with van der Waals surface area (Å²) in [5, 5.41) is 16.1. The van der Waals surface area contributed by atoms with Crippen molar-refractivity contribution in [1.82, 2.24) is 14.8 Å². The predicted molar refractivity (Wildman–Crippen MR) is 123 cm³/mol. The molecule has 8 heteroatoms. The van der Waals surface area contributed by atoms with Crippen LogP contribution in [0.5, 0.6) is 0 Å². The van der Waals surface area contributed by atoms with Gasteiger partial charge in [-0.25, -0.2) is 4.68 Å². The van der Waals surface area contributed by atoms with Crippen molar-refractivity contribution in [1.29, 1.82) is 0 Å². The second-order valence-electron chi connectivity index (χ2n) is 8.04. The number of rotatable bonds is 4. The molecule has 0 spiro atoms. The number of fused-ring (bicyclic) bond motifs is 1. The van der Waals surface area contributed by atoms with E-state index in [1.807, 2.05) is 61.5 Å². The molecule has 3 aromatic carbocycles. The van der Waals surface area contributed by atoms with E-state index in [4.69, 9.17) is 0 Å². The summed E-state index contributed by atoms with van der Waals surface area (Å²) in [5.74, 6) is -0.113. The Balaban J connectivity index is 1.67. The van der Waals surface area contributed by atoms with Crippen LogP contribution in [0.4, 0.5) is 11.6 Å². The van der Waals surface area contributed by atoms with Gasteiger partial charge in [0.15, 0.2) is 0 Å². The van der Waals surface area contributed by atoms with Gasteiger partial charge in [-0.1, -0.05) is 72.3 Å². The van der Waals surface area contributed by atoms with Crippen molar-refractivity contribution in [3.8, 4) is 0 Å². The lowest BCUT2D eigenvalue weighted by atomic mass is 9.91. The molecule has 2 atom stereocenters. The van der Waals surface area contributed by atoms with Gasteiger partial charge in [-0.3, -0.25) is 19.8 Å². The number of carbonyl (C=O) groups is 1. The zero-order chi connectivity index (χ0) is 22.9. The Kier molecular flexibility index (Phi) is 5.18. The molecular weight excluding hydrogens is 418 g/mol. The van der Waals surface area contributed by atoms with Crippen LogP contribution in [0.2, 0.25) is 0 Å². The van der Waals surface area contributed by atoms with E-state index in [0.717, 1.165) is 16.7 Å². The molecule has 0 fully saturated rings. The second kappa shape index (κ2) is 8.31. The number of hydrogen-bond acceptors (Lipinski definition) is 5. The Hall–Kier alpha value is -4.33. The minimum atomic E-state index is -0.532. The van der Waals surface area contributed by atoms with E-state index >= 15 is 0 Å². The number of benzene rings is 3. The first-order chi connectivity index (χ1) is 16.0. The Morgan fingerprint density at radius 2 is 1.61 bits per heavy atom. The summed E-state index contributed by atoms with van der Waals surface area (Å²) < 4.78 is 1.73. The Morgan fingerprint density at radius 1 is 0.939 bits per heavy atom. The van der Waals surface area contributed by atoms with E-state index in [2.05, 4.69) is 10.1 Å². The first-order valence-electron chi connectivity index (χ1n) is 10.6. The van der Waals surface area contributed by atoms with Crippen molar-refractivity contribution >= 4 is 17.5 Å². The number of carbonyl (C=O) groups excluding carboxylic acids is 1. The third-order valence-corrected chi connectivity index (χ3v) is 6.02. The van der Waals surface area contributed by atoms with E-state index in [1.165, 1.54) is 18.5 Å². The first kappa shape index (κ1) is 20.6. The normalized spacial score (nSPS) is 17.4. The number of anilines is 1. The van der Waals surface area contributed by atoms with Crippen LogP contribution in [-0.4, -0.2) is 25.6 Å². The summed E-state index contributed by atoms with van der Waals surface area (Å²) in [5.41, 5.74) is 2.88. The van der Waals surface area contributed by atoms with Gasteiger partial charge in [0.25, 0.3) is 11.6 Å². The monoisotopic (exact) mass is 439 g/mol. The molecule has 1 aromatic heterocycles. The predicted octanol–water partition coefficient (Wildman–Crippen LogP) is 4.88. The highest BCUT2D eigenvalue weighted by molar-refractivity contribution is 6.08. The second-order valence-corrected chi connectivity index (χ2v) is 8.04. The van der Waals surface area contributed by atoms with Crippen LogP contribution in [0.25, 0.3) is 0 Å². The van der Waals surface area contributed by atoms with E-state index < -0.39 is 10.8 Å². The molecule has 0 saturated heterocycles. The number of hydrogen-bond donors (Lipinski definition) is 0. The summed E-state index contributed by atoms with van der Waals surface area (Å²) >= 11 is 0. The average molecular weight is 439 g/mol. The van der Waals surface area contributed by atoms with Crippen LogP contribution in [0.1, 0.15) is 45.6 Å². The van der Waals surface area contributed by atoms with Crippen LogP contribution in [0.3, 0.4) is 0 Å². The minimum absolute atomic E-state index is 0.0207. The van der Waals surface area contributed by atoms with Crippen molar-refractivity contribution in [2.24, 2.45) is 0 Å². The Morgan fingerprint density at radius 3 is 2.33 bits per heavy atom. The summed E-state index contributed by atoms with van der Waals surface area (Å²) in [6.07, 6.45) is 1.97. The summed E-state index contributed by atoms with van der Waals surface area (Å²) in [4.78, 5) is 30.9. The minimum Gasteiger partial charge on any atom is -0.269 e. The Labute approximate surface area is 190 Å². The summed E-state index contributed by atoms with van der Waals surface area (Å²) in [6.45, 7) is 2.00. The summed E-state index contributed by atoms with van der Waals surface area (Å²) in [7, 11) is 0. The number of nitro groups is 1. The zero-order valence-electron chi connectivity index (χ0n) is 17.9. The van der Waals surface area contributed by atoms with E-state index in [0.29, 0.717) is 12.4 Å². The van der Waals surface area contributed by atoms with Gasteiger partial charge < -0.3 is 0 Å². The van der Waals surface area contributed by atoms with E-state index in [-0.39, 0.29) is 23.3 Å². The van der Waals surface area contributed by atoms with E-state index in [9.17, 15) is 14.9 Å². The van der Waals surface area contributed by atoms with Gasteiger partial charge in [-0.15, -0.1) is 0 Å². The molecule has 1 aliphatic rings. The third kappa shape index (κ3) is 3.65. The zero-order valence-corrected chi connectivity index (χ0v) is 17.9. The van der Waals surface area contributed by atoms with Gasteiger partial charge in [0.2, 0.25) is 5.95 Å². The standard InChI is InChI=1S/C25H21N5O3/c1-17-11-13-19(14-12-17)22-15-23(18-7-3-2-4-8-18)29-25(26-16-27-29)28(22)24(31)20-9-5-6-10-21(20)30(32)33/h2-14,16,22-23H,15H2,1H3/t22-,23-/m1/s1. The fourth-order valence-corrected chi connectivity index (χ4v) is 4.39. The maximum atomic E-state index is 13.8. The van der Waals surface area contributed by atoms with Crippen LogP contribution < -0.4 is 4.90 Å². The van der Waals surface area contributed by atoms with Gasteiger partial charge in [0, 0.05) is 6.07 Å². The number of para-hydroxylation sites is 1. The maximum absolute atomic E-state index is 13.8. The lowest BCUT2D eigenvalue weighted by molar-refractivity contribution is -0.385. The topological polar surface area (TPSA) is 94.2 Å². The maximum Gasteiger partial charge on any atom is 0.282 e. The Bertz CT molecular complexity index is 1320. The van der Waals surface area contributed by atoms with Gasteiger partial charge in [0.05, 0.1) is 17.0 Å². The lowest BCUT2D eigenvalue weighted by Crippen LogP contribution is -2.42. The van der Waals surface area contributed by atoms with Gasteiger partial charge in [-0.2, -0.15) is 10.1 Å². The molecule has 5 rings (SSSR count). The molecule has 2 heterocycles. The van der Waals surface area contributed by atoms with Crippen molar-refractivity contribution in [2.75, 3.05) is 4.90 Å². The van der Waals surface area contributed by atoms with Crippen molar-refractivity contribution < 1.29 is 9.72 Å². The molecule has 0 bridgehead atoms. The number of nitrogens with zero attached hydrogens (tertiary/aromatic N) is 5. The molecule has 0 N–H and O–H groups in total. The van der Waals surface area contributed by atoms with Gasteiger partial charge >= 0.3 is 0 Å². The highest BCUT2D eigenvalue weighted by atomic mass is 16.6. The molecule has 4 aromatic rings. The van der Waals surface area contributed by atoms with Crippen LogP contribution in [0, 0.1) is 17.0 Å². The highest BCUT2D eigenvalue weighted by Gasteiger charge is 2.41. The van der Waals surface area contributed by atoms with Crippen molar-refractivity contribution in [2.45, 2.75) is 25.4 Å². The number of aromatic nitrogens is 3. The number of aryl methyl sites for hydroxylation is 1. The number of amides is 1. The third-order valence-electron chi connectivity index (χ3n) is 6.02. The van der Waals surface area contributed by atoms with Gasteiger partial charge in [-0.05, 0) is 30.5 Å². The highest BCUT2D eigenvalue weighted by Crippen LogP contribution is 2.43. The van der Waals surface area contributed by atoms with Crippen molar-refractivity contribution in [3.05, 3.63) is 118 Å². The molecule has 1 aliphatic heterocycles. The fourth-order valence-electron chi connectivity index (χ4n) is 4.39. The smallest absolute Gasteiger partial charge is 0.269 e. The lowest BCUT2D eigenvalue weighted by Gasteiger charge is -2.39. The average Bonchev–Trinajstić information content (AvgIpc) is 3.33. The molecule has 0 unspecified atom stereocenters. The SMILES string of the molecule is Cc1ccc([C@H]2C[C@H](c3ccccc3)n3ncnc3N2C(=O)c2ccccc2[N+](=O)[O-])cc1. The van der Waals surface area contributed by atoms with Crippen molar-refractivity contribution in [3.63, 3.8) is 0 Å². The molecule has 0 aliphatic carbocycles. The fraction of sp³-hybridized carbons (Fsp3) is 0.160. The molecule has 0 radical (unpaired) electrons. The van der Waals surface area contributed by atoms with Crippen LogP contribution in [-0.2, 0) is 0 Å².